The number of hydrogen-bond acceptors (Lipinski definition) is 1. The minimum Gasteiger partial charge on any atom is -0.356 e. The third-order valence-electron chi connectivity index (χ3n) is 4.44. The lowest BCUT2D eigenvalue weighted by molar-refractivity contribution is -0.125. The van der Waals surface area contributed by atoms with Crippen molar-refractivity contribution in [3.63, 3.8) is 0 Å². The quantitative estimate of drug-likeness (QED) is 0.713. The number of amides is 1. The Morgan fingerprint density at radius 3 is 2.50 bits per heavy atom. The largest absolute Gasteiger partial charge is 0.356 e. The number of hydrogen-bond donors (Lipinski definition) is 1. The first-order valence-corrected chi connectivity index (χ1v) is 7.09. The lowest BCUT2D eigenvalue weighted by atomic mass is 10.0. The molecule has 2 aliphatic carbocycles. The van der Waals surface area contributed by atoms with E-state index in [0.717, 1.165) is 24.8 Å². The van der Waals surface area contributed by atoms with Gasteiger partial charge in [0.1, 0.15) is 0 Å². The van der Waals surface area contributed by atoms with Gasteiger partial charge < -0.3 is 5.32 Å². The van der Waals surface area contributed by atoms with Crippen molar-refractivity contribution in [2.45, 2.75) is 58.3 Å². The predicted octanol–water partition coefficient (Wildman–Crippen LogP) is 3.12. The number of unbranched alkanes of at least 4 members (excludes halogenated alkanes) is 2. The van der Waals surface area contributed by atoms with E-state index in [2.05, 4.69) is 12.2 Å². The molecule has 2 saturated carbocycles. The van der Waals surface area contributed by atoms with Gasteiger partial charge in [0.25, 0.3) is 0 Å². The summed E-state index contributed by atoms with van der Waals surface area (Å²) in [6.07, 6.45) is 10.1. The number of carbonyl (C=O) groups excluding carboxylic acids is 1. The van der Waals surface area contributed by atoms with Gasteiger partial charge in [0, 0.05) is 12.5 Å². The van der Waals surface area contributed by atoms with Crippen LogP contribution in [0.4, 0.5) is 0 Å². The van der Waals surface area contributed by atoms with Crippen molar-refractivity contribution in [1.82, 2.24) is 5.32 Å². The van der Waals surface area contributed by atoms with Gasteiger partial charge in [-0.3, -0.25) is 4.79 Å². The maximum absolute atomic E-state index is 11.9. The van der Waals surface area contributed by atoms with E-state index in [0.29, 0.717) is 11.8 Å². The summed E-state index contributed by atoms with van der Waals surface area (Å²) in [6, 6.07) is 0. The van der Waals surface area contributed by atoms with Crippen molar-refractivity contribution in [3.05, 3.63) is 0 Å². The van der Waals surface area contributed by atoms with Crippen molar-refractivity contribution in [2.24, 2.45) is 17.8 Å². The topological polar surface area (TPSA) is 29.1 Å². The Balaban J connectivity index is 1.66. The van der Waals surface area contributed by atoms with E-state index in [9.17, 15) is 4.79 Å². The molecule has 92 valence electrons. The van der Waals surface area contributed by atoms with Crippen LogP contribution in [0.2, 0.25) is 0 Å². The van der Waals surface area contributed by atoms with Crippen LogP contribution in [0, 0.1) is 17.8 Å². The number of nitrogens with one attached hydrogen (secondary N) is 1. The van der Waals surface area contributed by atoms with Crippen molar-refractivity contribution >= 4 is 5.91 Å². The van der Waals surface area contributed by atoms with Gasteiger partial charge in [-0.1, -0.05) is 39.0 Å². The molecule has 0 aliphatic heterocycles. The first-order valence-electron chi connectivity index (χ1n) is 7.09. The molecule has 2 fully saturated rings. The SMILES string of the molecule is CCCCCNC(=O)C1C[C@H]2CCC[C@H]2C1. The molecule has 0 aromatic rings. The first kappa shape index (κ1) is 11.9. The van der Waals surface area contributed by atoms with E-state index in [-0.39, 0.29) is 0 Å². The van der Waals surface area contributed by atoms with Gasteiger partial charge in [0.15, 0.2) is 0 Å². The van der Waals surface area contributed by atoms with E-state index < -0.39 is 0 Å². The molecule has 2 nitrogen and oxygen atoms in total. The highest BCUT2D eigenvalue weighted by Gasteiger charge is 2.39. The Hall–Kier alpha value is -0.530. The third kappa shape index (κ3) is 2.78. The van der Waals surface area contributed by atoms with Crippen LogP contribution in [0.25, 0.3) is 0 Å². The van der Waals surface area contributed by atoms with Crippen LogP contribution < -0.4 is 5.32 Å². The maximum atomic E-state index is 11.9. The predicted molar refractivity (Wildman–Crippen MR) is 66.1 cm³/mol. The second-order valence-electron chi connectivity index (χ2n) is 5.62. The van der Waals surface area contributed by atoms with Crippen molar-refractivity contribution in [1.29, 1.82) is 0 Å². The molecule has 0 heterocycles. The van der Waals surface area contributed by atoms with Crippen LogP contribution in [0.15, 0.2) is 0 Å². The zero-order chi connectivity index (χ0) is 11.4. The summed E-state index contributed by atoms with van der Waals surface area (Å²) in [5.41, 5.74) is 0. The maximum Gasteiger partial charge on any atom is 0.223 e. The Morgan fingerprint density at radius 1 is 1.19 bits per heavy atom. The van der Waals surface area contributed by atoms with Gasteiger partial charge in [-0.2, -0.15) is 0 Å². The summed E-state index contributed by atoms with van der Waals surface area (Å²) < 4.78 is 0. The zero-order valence-corrected chi connectivity index (χ0v) is 10.5. The highest BCUT2D eigenvalue weighted by molar-refractivity contribution is 5.78. The van der Waals surface area contributed by atoms with Gasteiger partial charge in [-0.05, 0) is 31.1 Å². The number of carbonyl (C=O) groups is 1. The summed E-state index contributed by atoms with van der Waals surface area (Å²) in [5.74, 6) is 2.44. The minimum atomic E-state index is 0.338. The summed E-state index contributed by atoms with van der Waals surface area (Å²) in [5, 5.41) is 3.11. The van der Waals surface area contributed by atoms with Gasteiger partial charge in [-0.25, -0.2) is 0 Å². The molecule has 0 spiro atoms. The molecule has 3 atom stereocenters. The highest BCUT2D eigenvalue weighted by atomic mass is 16.1. The van der Waals surface area contributed by atoms with Gasteiger partial charge >= 0.3 is 0 Å². The summed E-state index contributed by atoms with van der Waals surface area (Å²) >= 11 is 0. The zero-order valence-electron chi connectivity index (χ0n) is 10.5. The van der Waals surface area contributed by atoms with Crippen LogP contribution >= 0.6 is 0 Å². The van der Waals surface area contributed by atoms with Crippen LogP contribution in [0.3, 0.4) is 0 Å². The van der Waals surface area contributed by atoms with Gasteiger partial charge in [-0.15, -0.1) is 0 Å². The molecule has 1 N–H and O–H groups in total. The molecular formula is C14H25NO. The Labute approximate surface area is 99.2 Å². The molecule has 2 rings (SSSR count). The Kier molecular flexibility index (Phi) is 4.25. The second kappa shape index (κ2) is 5.70. The van der Waals surface area contributed by atoms with E-state index in [1.165, 1.54) is 44.9 Å². The summed E-state index contributed by atoms with van der Waals surface area (Å²) in [7, 11) is 0. The molecule has 0 aromatic heterocycles. The monoisotopic (exact) mass is 223 g/mol. The molecule has 0 saturated heterocycles. The molecular weight excluding hydrogens is 198 g/mol. The second-order valence-corrected chi connectivity index (χ2v) is 5.62. The smallest absolute Gasteiger partial charge is 0.223 e. The average Bonchev–Trinajstić information content (AvgIpc) is 2.83. The molecule has 2 aliphatic rings. The third-order valence-corrected chi connectivity index (χ3v) is 4.44. The van der Waals surface area contributed by atoms with Crippen LogP contribution in [0.5, 0.6) is 0 Å². The molecule has 2 heteroatoms. The fourth-order valence-electron chi connectivity index (χ4n) is 3.51. The van der Waals surface area contributed by atoms with Crippen molar-refractivity contribution in [3.8, 4) is 0 Å². The molecule has 1 unspecified atom stereocenters. The van der Waals surface area contributed by atoms with E-state index >= 15 is 0 Å². The highest BCUT2D eigenvalue weighted by Crippen LogP contribution is 2.46. The van der Waals surface area contributed by atoms with E-state index in [1.54, 1.807) is 0 Å². The van der Waals surface area contributed by atoms with Gasteiger partial charge in [0.2, 0.25) is 5.91 Å². The fraction of sp³-hybridized carbons (Fsp3) is 0.929. The summed E-state index contributed by atoms with van der Waals surface area (Å²) in [6.45, 7) is 3.08. The average molecular weight is 223 g/mol. The molecule has 0 aromatic carbocycles. The molecule has 0 bridgehead atoms. The Bertz CT molecular complexity index is 227. The first-order chi connectivity index (χ1) is 7.81. The minimum absolute atomic E-state index is 0.338. The van der Waals surface area contributed by atoms with Crippen molar-refractivity contribution < 1.29 is 4.79 Å². The standard InChI is InChI=1S/C14H25NO/c1-2-3-4-8-15-14(16)13-9-11-6-5-7-12(11)10-13/h11-13H,2-10H2,1H3,(H,15,16)/t11-,12+,13?. The normalized spacial score (nSPS) is 32.7. The number of rotatable bonds is 5. The molecule has 1 amide bonds. The fourth-order valence-corrected chi connectivity index (χ4v) is 3.51. The Morgan fingerprint density at radius 2 is 1.88 bits per heavy atom. The van der Waals surface area contributed by atoms with Crippen LogP contribution in [-0.4, -0.2) is 12.5 Å². The lowest BCUT2D eigenvalue weighted by Crippen LogP contribution is -2.30. The summed E-state index contributed by atoms with van der Waals surface area (Å²) in [4.78, 5) is 11.9. The number of fused-ring (bicyclic) bond motifs is 1. The van der Waals surface area contributed by atoms with E-state index in [1.807, 2.05) is 0 Å². The van der Waals surface area contributed by atoms with Gasteiger partial charge in [0.05, 0.1) is 0 Å². The molecule has 0 radical (unpaired) electrons. The van der Waals surface area contributed by atoms with Crippen LogP contribution in [0.1, 0.15) is 58.3 Å². The molecule has 16 heavy (non-hydrogen) atoms. The van der Waals surface area contributed by atoms with E-state index in [4.69, 9.17) is 0 Å². The van der Waals surface area contributed by atoms with Crippen LogP contribution in [-0.2, 0) is 4.79 Å². The lowest BCUT2D eigenvalue weighted by Gasteiger charge is -2.11. The van der Waals surface area contributed by atoms with Crippen molar-refractivity contribution in [2.75, 3.05) is 6.54 Å².